The highest BCUT2D eigenvalue weighted by Crippen LogP contribution is 2.28. The van der Waals surface area contributed by atoms with Crippen LogP contribution in [0.5, 0.6) is 0 Å². The van der Waals surface area contributed by atoms with Crippen LogP contribution in [0.1, 0.15) is 45.2 Å². The number of amides is 1. The SMILES string of the molecule is CC(C)(C)OC(=O)Nc1cc(C2CCCN2)cc(F)c1F. The van der Waals surface area contributed by atoms with Crippen molar-refractivity contribution in [2.24, 2.45) is 0 Å². The fraction of sp³-hybridized carbons (Fsp3) is 0.533. The van der Waals surface area contributed by atoms with Crippen LogP contribution in [0.15, 0.2) is 12.1 Å². The van der Waals surface area contributed by atoms with Crippen LogP contribution in [0.2, 0.25) is 0 Å². The number of hydrogen-bond donors (Lipinski definition) is 2. The number of hydrogen-bond acceptors (Lipinski definition) is 3. The highest BCUT2D eigenvalue weighted by Gasteiger charge is 2.22. The molecule has 4 nitrogen and oxygen atoms in total. The summed E-state index contributed by atoms with van der Waals surface area (Å²) in [6.07, 6.45) is 1.03. The van der Waals surface area contributed by atoms with Gasteiger partial charge in [-0.05, 0) is 57.9 Å². The zero-order valence-electron chi connectivity index (χ0n) is 12.4. The lowest BCUT2D eigenvalue weighted by Gasteiger charge is -2.20. The molecule has 0 saturated carbocycles. The van der Waals surface area contributed by atoms with Gasteiger partial charge in [0.15, 0.2) is 11.6 Å². The molecule has 1 amide bonds. The molecule has 1 atom stereocenters. The summed E-state index contributed by atoms with van der Waals surface area (Å²) in [5.74, 6) is -2.06. The zero-order valence-corrected chi connectivity index (χ0v) is 12.4. The number of halogens is 2. The minimum atomic E-state index is -1.08. The van der Waals surface area contributed by atoms with Crippen molar-refractivity contribution in [1.29, 1.82) is 0 Å². The Kier molecular flexibility index (Phi) is 4.46. The Balaban J connectivity index is 2.20. The van der Waals surface area contributed by atoms with Gasteiger partial charge in [-0.15, -0.1) is 0 Å². The second kappa shape index (κ2) is 5.97. The molecule has 2 N–H and O–H groups in total. The molecule has 1 saturated heterocycles. The molecule has 0 aromatic heterocycles. The van der Waals surface area contributed by atoms with Crippen LogP contribution in [0.4, 0.5) is 19.3 Å². The lowest BCUT2D eigenvalue weighted by atomic mass is 10.0. The molecule has 2 rings (SSSR count). The number of nitrogens with one attached hydrogen (secondary N) is 2. The van der Waals surface area contributed by atoms with Crippen LogP contribution < -0.4 is 10.6 Å². The topological polar surface area (TPSA) is 50.4 Å². The molecule has 0 bridgehead atoms. The molecule has 0 aliphatic carbocycles. The predicted octanol–water partition coefficient (Wildman–Crippen LogP) is 3.74. The van der Waals surface area contributed by atoms with E-state index in [1.807, 2.05) is 0 Å². The summed E-state index contributed by atoms with van der Waals surface area (Å²) in [6.45, 7) is 5.94. The maximum Gasteiger partial charge on any atom is 0.412 e. The molecule has 6 heteroatoms. The van der Waals surface area contributed by atoms with Crippen LogP contribution in [0.3, 0.4) is 0 Å². The Hall–Kier alpha value is -1.69. The Morgan fingerprint density at radius 3 is 2.67 bits per heavy atom. The van der Waals surface area contributed by atoms with Gasteiger partial charge in [-0.2, -0.15) is 0 Å². The van der Waals surface area contributed by atoms with Gasteiger partial charge in [-0.1, -0.05) is 0 Å². The molecule has 0 radical (unpaired) electrons. The van der Waals surface area contributed by atoms with E-state index in [0.29, 0.717) is 5.56 Å². The van der Waals surface area contributed by atoms with Gasteiger partial charge in [-0.25, -0.2) is 13.6 Å². The summed E-state index contributed by atoms with van der Waals surface area (Å²) in [6, 6.07) is 2.60. The molecule has 1 aliphatic rings. The molecular formula is C15H20F2N2O2. The van der Waals surface area contributed by atoms with Gasteiger partial charge in [0, 0.05) is 6.04 Å². The summed E-state index contributed by atoms with van der Waals surface area (Å²) in [4.78, 5) is 11.7. The van der Waals surface area contributed by atoms with Crippen molar-refractivity contribution in [3.8, 4) is 0 Å². The van der Waals surface area contributed by atoms with Crippen molar-refractivity contribution >= 4 is 11.8 Å². The first-order valence-electron chi connectivity index (χ1n) is 6.98. The van der Waals surface area contributed by atoms with E-state index in [4.69, 9.17) is 4.74 Å². The third-order valence-corrected chi connectivity index (χ3v) is 3.15. The number of rotatable bonds is 2. The lowest BCUT2D eigenvalue weighted by molar-refractivity contribution is 0.0635. The van der Waals surface area contributed by atoms with Crippen molar-refractivity contribution in [3.63, 3.8) is 0 Å². The molecule has 1 aliphatic heterocycles. The number of carbonyl (C=O) groups is 1. The third kappa shape index (κ3) is 4.14. The molecule has 21 heavy (non-hydrogen) atoms. The van der Waals surface area contributed by atoms with Crippen molar-refractivity contribution in [3.05, 3.63) is 29.3 Å². The number of carbonyl (C=O) groups excluding carboxylic acids is 1. The predicted molar refractivity (Wildman–Crippen MR) is 76.2 cm³/mol. The first kappa shape index (κ1) is 15.7. The summed E-state index contributed by atoms with van der Waals surface area (Å²) in [5, 5.41) is 5.47. The largest absolute Gasteiger partial charge is 0.444 e. The Bertz CT molecular complexity index is 535. The average Bonchev–Trinajstić information content (AvgIpc) is 2.86. The van der Waals surface area contributed by atoms with Crippen molar-refractivity contribution < 1.29 is 18.3 Å². The van der Waals surface area contributed by atoms with Crippen molar-refractivity contribution in [1.82, 2.24) is 5.32 Å². The van der Waals surface area contributed by atoms with Gasteiger partial charge in [0.1, 0.15) is 5.60 Å². The molecule has 116 valence electrons. The lowest BCUT2D eigenvalue weighted by Crippen LogP contribution is -2.27. The fourth-order valence-electron chi connectivity index (χ4n) is 2.28. The standard InChI is InChI=1S/C15H20F2N2O2/c1-15(2,3)21-14(20)19-12-8-9(7-10(16)13(12)17)11-5-4-6-18-11/h7-8,11,18H,4-6H2,1-3H3,(H,19,20). The third-order valence-electron chi connectivity index (χ3n) is 3.15. The van der Waals surface area contributed by atoms with Gasteiger partial charge in [0.25, 0.3) is 0 Å². The van der Waals surface area contributed by atoms with E-state index in [9.17, 15) is 13.6 Å². The molecule has 1 aromatic rings. The van der Waals surface area contributed by atoms with Gasteiger partial charge in [-0.3, -0.25) is 5.32 Å². The molecule has 0 spiro atoms. The first-order chi connectivity index (χ1) is 9.76. The minimum absolute atomic E-state index is 0.0145. The van der Waals surface area contributed by atoms with Gasteiger partial charge < -0.3 is 10.1 Å². The maximum atomic E-state index is 13.8. The normalized spacial score (nSPS) is 18.6. The van der Waals surface area contributed by atoms with Gasteiger partial charge in [0.05, 0.1) is 5.69 Å². The van der Waals surface area contributed by atoms with E-state index in [1.165, 1.54) is 12.1 Å². The Morgan fingerprint density at radius 2 is 2.10 bits per heavy atom. The van der Waals surface area contributed by atoms with Crippen LogP contribution in [0.25, 0.3) is 0 Å². The second-order valence-electron chi connectivity index (χ2n) is 6.14. The van der Waals surface area contributed by atoms with E-state index in [2.05, 4.69) is 10.6 Å². The van der Waals surface area contributed by atoms with Gasteiger partial charge >= 0.3 is 6.09 Å². The van der Waals surface area contributed by atoms with Crippen LogP contribution >= 0.6 is 0 Å². The summed E-state index contributed by atoms with van der Waals surface area (Å²) in [7, 11) is 0. The average molecular weight is 298 g/mol. The van der Waals surface area contributed by atoms with Gasteiger partial charge in [0.2, 0.25) is 0 Å². The van der Waals surface area contributed by atoms with Crippen LogP contribution in [-0.2, 0) is 4.74 Å². The number of anilines is 1. The minimum Gasteiger partial charge on any atom is -0.444 e. The summed E-state index contributed by atoms with van der Waals surface area (Å²) < 4.78 is 32.5. The van der Waals surface area contributed by atoms with E-state index < -0.39 is 23.3 Å². The molecule has 1 unspecified atom stereocenters. The van der Waals surface area contributed by atoms with E-state index in [0.717, 1.165) is 19.4 Å². The van der Waals surface area contributed by atoms with Crippen molar-refractivity contribution in [2.75, 3.05) is 11.9 Å². The first-order valence-corrected chi connectivity index (χ1v) is 6.98. The van der Waals surface area contributed by atoms with Crippen molar-refractivity contribution in [2.45, 2.75) is 45.3 Å². The molecular weight excluding hydrogens is 278 g/mol. The smallest absolute Gasteiger partial charge is 0.412 e. The summed E-state index contributed by atoms with van der Waals surface area (Å²) in [5.41, 5.74) is -0.283. The highest BCUT2D eigenvalue weighted by atomic mass is 19.2. The quantitative estimate of drug-likeness (QED) is 0.874. The number of ether oxygens (including phenoxy) is 1. The maximum absolute atomic E-state index is 13.8. The second-order valence-corrected chi connectivity index (χ2v) is 6.14. The Labute approximate surface area is 122 Å². The Morgan fingerprint density at radius 1 is 1.38 bits per heavy atom. The number of benzene rings is 1. The molecule has 1 heterocycles. The molecule has 1 aromatic carbocycles. The van der Waals surface area contributed by atoms with E-state index in [-0.39, 0.29) is 11.7 Å². The van der Waals surface area contributed by atoms with E-state index in [1.54, 1.807) is 20.8 Å². The molecule has 1 fully saturated rings. The fourth-order valence-corrected chi connectivity index (χ4v) is 2.28. The monoisotopic (exact) mass is 298 g/mol. The highest BCUT2D eigenvalue weighted by molar-refractivity contribution is 5.85. The van der Waals surface area contributed by atoms with Crippen LogP contribution in [-0.4, -0.2) is 18.2 Å². The zero-order chi connectivity index (χ0) is 15.6. The van der Waals surface area contributed by atoms with E-state index >= 15 is 0 Å². The van der Waals surface area contributed by atoms with Crippen LogP contribution in [0, 0.1) is 11.6 Å². The summed E-state index contributed by atoms with van der Waals surface area (Å²) >= 11 is 0.